The van der Waals surface area contributed by atoms with E-state index in [9.17, 15) is 35.4 Å². The molecule has 3 aromatic rings. The minimum atomic E-state index is -1.71. The number of methoxy groups -OCH3 is 1. The molecule has 0 amide bonds. The van der Waals surface area contributed by atoms with Crippen LogP contribution in [0.1, 0.15) is 0 Å². The second kappa shape index (κ2) is 8.89. The smallest absolute Gasteiger partial charge is 0.229 e. The van der Waals surface area contributed by atoms with Gasteiger partial charge >= 0.3 is 0 Å². The van der Waals surface area contributed by atoms with Crippen molar-refractivity contribution in [1.82, 2.24) is 0 Å². The highest BCUT2D eigenvalue weighted by Crippen LogP contribution is 2.35. The van der Waals surface area contributed by atoms with Gasteiger partial charge < -0.3 is 49.3 Å². The van der Waals surface area contributed by atoms with Gasteiger partial charge in [0.2, 0.25) is 6.29 Å². The quantitative estimate of drug-likeness (QED) is 0.302. The Balaban J connectivity index is 1.75. The van der Waals surface area contributed by atoms with Crippen LogP contribution >= 0.6 is 0 Å². The van der Waals surface area contributed by atoms with Gasteiger partial charge in [0, 0.05) is 23.8 Å². The second-order valence-electron chi connectivity index (χ2n) is 7.49. The van der Waals surface area contributed by atoms with Gasteiger partial charge in [0.1, 0.15) is 52.6 Å². The number of phenols is 2. The predicted molar refractivity (Wildman–Crippen MR) is 112 cm³/mol. The summed E-state index contributed by atoms with van der Waals surface area (Å²) in [4.78, 5) is 12.9. The Kier molecular flexibility index (Phi) is 6.15. The van der Waals surface area contributed by atoms with Crippen LogP contribution in [0.3, 0.4) is 0 Å². The highest BCUT2D eigenvalue weighted by atomic mass is 16.7. The molecule has 11 heteroatoms. The van der Waals surface area contributed by atoms with Gasteiger partial charge in [-0.15, -0.1) is 0 Å². The number of rotatable bonds is 5. The molecule has 6 N–H and O–H groups in total. The fraction of sp³-hybridized carbons (Fsp3) is 0.318. The minimum Gasteiger partial charge on any atom is -0.508 e. The van der Waals surface area contributed by atoms with Crippen LogP contribution < -0.4 is 14.9 Å². The Morgan fingerprint density at radius 1 is 0.970 bits per heavy atom. The Hall–Kier alpha value is -3.35. The molecule has 1 saturated heterocycles. The molecule has 1 aliphatic heterocycles. The van der Waals surface area contributed by atoms with Crippen LogP contribution in [0.5, 0.6) is 23.0 Å². The maximum atomic E-state index is 12.9. The fourth-order valence-electron chi connectivity index (χ4n) is 3.61. The van der Waals surface area contributed by atoms with E-state index in [1.54, 1.807) is 6.07 Å². The Morgan fingerprint density at radius 3 is 2.39 bits per heavy atom. The van der Waals surface area contributed by atoms with Gasteiger partial charge in [-0.2, -0.15) is 0 Å². The molecule has 11 nitrogen and oxygen atoms in total. The van der Waals surface area contributed by atoms with E-state index in [1.807, 2.05) is 0 Å². The van der Waals surface area contributed by atoms with E-state index < -0.39 is 42.7 Å². The third-order valence-corrected chi connectivity index (χ3v) is 5.33. The number of ether oxygens (including phenoxy) is 3. The first-order valence-electron chi connectivity index (χ1n) is 9.89. The van der Waals surface area contributed by atoms with Crippen LogP contribution in [-0.4, -0.2) is 75.1 Å². The molecule has 0 bridgehead atoms. The summed E-state index contributed by atoms with van der Waals surface area (Å²) in [6.07, 6.45) is -7.77. The van der Waals surface area contributed by atoms with Crippen molar-refractivity contribution >= 4 is 11.0 Å². The molecule has 0 aliphatic carbocycles. The van der Waals surface area contributed by atoms with E-state index in [4.69, 9.17) is 18.6 Å². The SMILES string of the molecule is COc1ccc(-c2cc(=O)c3c(O[C@@H]4O[C@H](CO)[C@@H](O)[C@H](O)[C@H]4O)cc(O)cc3o2)cc1O. The first-order chi connectivity index (χ1) is 15.7. The summed E-state index contributed by atoms with van der Waals surface area (Å²) in [6, 6.07) is 7.84. The molecule has 0 unspecified atom stereocenters. The van der Waals surface area contributed by atoms with Gasteiger partial charge in [-0.1, -0.05) is 0 Å². The van der Waals surface area contributed by atoms with Gasteiger partial charge in [0.15, 0.2) is 16.9 Å². The zero-order chi connectivity index (χ0) is 23.9. The fourth-order valence-corrected chi connectivity index (χ4v) is 3.61. The van der Waals surface area contributed by atoms with Gasteiger partial charge in [-0.3, -0.25) is 4.79 Å². The standard InChI is InChI=1S/C22H22O11/c1-30-13-3-2-9(4-11(13)25)14-7-12(26)18-15(31-14)5-10(24)6-16(18)32-22-21(29)20(28)19(27)17(8-23)33-22/h2-7,17,19-25,27-29H,8H2,1H3/t17-,19-,20+,21-,22-/m1/s1. The van der Waals surface area contributed by atoms with Gasteiger partial charge in [-0.05, 0) is 18.2 Å². The maximum Gasteiger partial charge on any atom is 0.229 e. The zero-order valence-corrected chi connectivity index (χ0v) is 17.3. The summed E-state index contributed by atoms with van der Waals surface area (Å²) in [5.74, 6) is -0.392. The summed E-state index contributed by atoms with van der Waals surface area (Å²) >= 11 is 0. The molecule has 1 aliphatic rings. The number of fused-ring (bicyclic) bond motifs is 1. The average molecular weight is 462 g/mol. The van der Waals surface area contributed by atoms with Crippen LogP contribution in [-0.2, 0) is 4.74 Å². The molecular formula is C22H22O11. The van der Waals surface area contributed by atoms with Crippen LogP contribution in [0.2, 0.25) is 0 Å². The van der Waals surface area contributed by atoms with Crippen LogP contribution in [0.4, 0.5) is 0 Å². The van der Waals surface area contributed by atoms with Crippen molar-refractivity contribution in [2.24, 2.45) is 0 Å². The number of aromatic hydroxyl groups is 2. The van der Waals surface area contributed by atoms with E-state index in [0.29, 0.717) is 5.56 Å². The van der Waals surface area contributed by atoms with Crippen molar-refractivity contribution in [3.05, 3.63) is 46.6 Å². The van der Waals surface area contributed by atoms with Crippen LogP contribution in [0, 0.1) is 0 Å². The summed E-state index contributed by atoms with van der Waals surface area (Å²) < 4.78 is 21.6. The molecule has 2 aromatic carbocycles. The van der Waals surface area contributed by atoms with E-state index in [-0.39, 0.29) is 39.7 Å². The number of aliphatic hydroxyl groups is 4. The molecule has 1 fully saturated rings. The molecule has 2 heterocycles. The van der Waals surface area contributed by atoms with Crippen molar-refractivity contribution in [3.8, 4) is 34.3 Å². The molecular weight excluding hydrogens is 440 g/mol. The molecule has 1 aromatic heterocycles. The normalized spacial score (nSPS) is 25.2. The summed E-state index contributed by atoms with van der Waals surface area (Å²) in [7, 11) is 1.39. The summed E-state index contributed by atoms with van der Waals surface area (Å²) in [5.41, 5.74) is -0.263. The van der Waals surface area contributed by atoms with Crippen molar-refractivity contribution in [1.29, 1.82) is 0 Å². The Labute approximate surface area is 186 Å². The van der Waals surface area contributed by atoms with Crippen molar-refractivity contribution < 1.29 is 49.3 Å². The molecule has 5 atom stereocenters. The second-order valence-corrected chi connectivity index (χ2v) is 7.49. The van der Waals surface area contributed by atoms with Gasteiger partial charge in [0.25, 0.3) is 0 Å². The van der Waals surface area contributed by atoms with Crippen molar-refractivity contribution in [3.63, 3.8) is 0 Å². The third-order valence-electron chi connectivity index (χ3n) is 5.33. The number of benzene rings is 2. The summed E-state index contributed by atoms with van der Waals surface area (Å²) in [6.45, 7) is -0.661. The molecule has 0 saturated carbocycles. The van der Waals surface area contributed by atoms with Crippen molar-refractivity contribution in [2.45, 2.75) is 30.7 Å². The van der Waals surface area contributed by atoms with E-state index in [1.165, 1.54) is 25.3 Å². The lowest BCUT2D eigenvalue weighted by molar-refractivity contribution is -0.277. The molecule has 33 heavy (non-hydrogen) atoms. The minimum absolute atomic E-state index is 0.0626. The predicted octanol–water partition coefficient (Wildman–Crippen LogP) is 0.0585. The first-order valence-corrected chi connectivity index (χ1v) is 9.89. The molecule has 176 valence electrons. The number of phenolic OH excluding ortho intramolecular Hbond substituents is 2. The van der Waals surface area contributed by atoms with Gasteiger partial charge in [-0.25, -0.2) is 0 Å². The third kappa shape index (κ3) is 4.19. The van der Waals surface area contributed by atoms with Crippen LogP contribution in [0.25, 0.3) is 22.3 Å². The van der Waals surface area contributed by atoms with Crippen LogP contribution in [0.15, 0.2) is 45.6 Å². The topological polar surface area (TPSA) is 179 Å². The van der Waals surface area contributed by atoms with Crippen molar-refractivity contribution in [2.75, 3.05) is 13.7 Å². The van der Waals surface area contributed by atoms with E-state index in [0.717, 1.165) is 12.1 Å². The highest BCUT2D eigenvalue weighted by Gasteiger charge is 2.45. The Morgan fingerprint density at radius 2 is 1.73 bits per heavy atom. The van der Waals surface area contributed by atoms with E-state index >= 15 is 0 Å². The number of hydrogen-bond donors (Lipinski definition) is 6. The maximum absolute atomic E-state index is 12.9. The zero-order valence-electron chi connectivity index (χ0n) is 17.3. The summed E-state index contributed by atoms with van der Waals surface area (Å²) in [5, 5.41) is 59.5. The lowest BCUT2D eigenvalue weighted by Gasteiger charge is -2.39. The lowest BCUT2D eigenvalue weighted by Crippen LogP contribution is -2.60. The first kappa shape index (κ1) is 22.8. The lowest BCUT2D eigenvalue weighted by atomic mass is 9.99. The monoisotopic (exact) mass is 462 g/mol. The number of hydrogen-bond acceptors (Lipinski definition) is 11. The van der Waals surface area contributed by atoms with E-state index in [2.05, 4.69) is 0 Å². The highest BCUT2D eigenvalue weighted by molar-refractivity contribution is 5.86. The molecule has 4 rings (SSSR count). The molecule has 0 radical (unpaired) electrons. The average Bonchev–Trinajstić information content (AvgIpc) is 2.78. The Bertz CT molecular complexity index is 1220. The largest absolute Gasteiger partial charge is 0.508 e. The van der Waals surface area contributed by atoms with Gasteiger partial charge in [0.05, 0.1) is 13.7 Å². The number of aliphatic hydroxyl groups excluding tert-OH is 4. The molecule has 0 spiro atoms.